The summed E-state index contributed by atoms with van der Waals surface area (Å²) in [6.45, 7) is 0. The van der Waals surface area contributed by atoms with Gasteiger partial charge in [-0.2, -0.15) is 0 Å². The standard InChI is InChI=1S/C12H18O3/c13-11-8-5-7-10(11)6-3-1-2-4-9-12(14)15/h3,5-7,10-11,13H,1-2,4,8-9H2,(H,14,15)/b6-3-. The van der Waals surface area contributed by atoms with Crippen molar-refractivity contribution in [3.63, 3.8) is 0 Å². The molecule has 0 fully saturated rings. The number of carboxylic acid groups (broad SMARTS) is 1. The summed E-state index contributed by atoms with van der Waals surface area (Å²) < 4.78 is 0. The molecular weight excluding hydrogens is 192 g/mol. The van der Waals surface area contributed by atoms with Gasteiger partial charge in [-0.25, -0.2) is 0 Å². The molecule has 2 unspecified atom stereocenters. The monoisotopic (exact) mass is 210 g/mol. The molecule has 0 radical (unpaired) electrons. The van der Waals surface area contributed by atoms with Gasteiger partial charge in [0.25, 0.3) is 0 Å². The van der Waals surface area contributed by atoms with Gasteiger partial charge < -0.3 is 10.2 Å². The van der Waals surface area contributed by atoms with E-state index in [0.29, 0.717) is 0 Å². The van der Waals surface area contributed by atoms with Crippen molar-refractivity contribution in [2.75, 3.05) is 0 Å². The second-order valence-corrected chi connectivity index (χ2v) is 3.88. The number of unbranched alkanes of at least 4 members (excludes halogenated alkanes) is 2. The maximum atomic E-state index is 10.2. The minimum Gasteiger partial charge on any atom is -0.481 e. The summed E-state index contributed by atoms with van der Waals surface area (Å²) in [5, 5.41) is 17.9. The van der Waals surface area contributed by atoms with Gasteiger partial charge in [0, 0.05) is 12.3 Å². The number of allylic oxidation sites excluding steroid dienone is 1. The van der Waals surface area contributed by atoms with Gasteiger partial charge in [-0.05, 0) is 25.7 Å². The summed E-state index contributed by atoms with van der Waals surface area (Å²) >= 11 is 0. The molecule has 2 N–H and O–H groups in total. The molecule has 0 amide bonds. The molecule has 0 aromatic heterocycles. The fourth-order valence-corrected chi connectivity index (χ4v) is 1.64. The smallest absolute Gasteiger partial charge is 0.303 e. The first-order chi connectivity index (χ1) is 7.20. The molecule has 84 valence electrons. The van der Waals surface area contributed by atoms with Gasteiger partial charge in [0.15, 0.2) is 0 Å². The molecule has 0 bridgehead atoms. The molecule has 1 aliphatic carbocycles. The van der Waals surface area contributed by atoms with Crippen molar-refractivity contribution in [2.24, 2.45) is 5.92 Å². The van der Waals surface area contributed by atoms with E-state index in [0.717, 1.165) is 25.7 Å². The average molecular weight is 210 g/mol. The lowest BCUT2D eigenvalue weighted by molar-refractivity contribution is -0.137. The second-order valence-electron chi connectivity index (χ2n) is 3.88. The van der Waals surface area contributed by atoms with E-state index in [1.807, 2.05) is 24.3 Å². The van der Waals surface area contributed by atoms with Crippen molar-refractivity contribution in [1.82, 2.24) is 0 Å². The SMILES string of the molecule is O=C(O)CCCC/C=C\C1C=CCC1O. The van der Waals surface area contributed by atoms with Crippen LogP contribution in [0.3, 0.4) is 0 Å². The molecule has 0 spiro atoms. The molecule has 0 saturated heterocycles. The first-order valence-electron chi connectivity index (χ1n) is 5.43. The van der Waals surface area contributed by atoms with E-state index in [1.165, 1.54) is 0 Å². The second kappa shape index (κ2) is 6.40. The third-order valence-corrected chi connectivity index (χ3v) is 2.55. The summed E-state index contributed by atoms with van der Waals surface area (Å²) in [5.74, 6) is -0.572. The van der Waals surface area contributed by atoms with Crippen LogP contribution in [0.2, 0.25) is 0 Å². The van der Waals surface area contributed by atoms with Gasteiger partial charge in [0.2, 0.25) is 0 Å². The van der Waals surface area contributed by atoms with E-state index in [1.54, 1.807) is 0 Å². The van der Waals surface area contributed by atoms with Crippen LogP contribution >= 0.6 is 0 Å². The Hall–Kier alpha value is -1.09. The van der Waals surface area contributed by atoms with Crippen LogP contribution in [0, 0.1) is 5.92 Å². The van der Waals surface area contributed by atoms with E-state index >= 15 is 0 Å². The zero-order valence-corrected chi connectivity index (χ0v) is 8.80. The predicted octanol–water partition coefficient (Wildman–Crippen LogP) is 2.12. The van der Waals surface area contributed by atoms with E-state index in [4.69, 9.17) is 5.11 Å². The van der Waals surface area contributed by atoms with Gasteiger partial charge in [-0.1, -0.05) is 24.3 Å². The lowest BCUT2D eigenvalue weighted by atomic mass is 10.0. The Labute approximate surface area is 90.1 Å². The van der Waals surface area contributed by atoms with Crippen molar-refractivity contribution in [3.05, 3.63) is 24.3 Å². The van der Waals surface area contributed by atoms with Crippen LogP contribution in [0.15, 0.2) is 24.3 Å². The molecule has 15 heavy (non-hydrogen) atoms. The number of aliphatic hydroxyl groups is 1. The Balaban J connectivity index is 2.06. The fraction of sp³-hybridized carbons (Fsp3) is 0.583. The van der Waals surface area contributed by atoms with Crippen LogP contribution in [0.1, 0.15) is 32.1 Å². The number of hydrogen-bond donors (Lipinski definition) is 2. The predicted molar refractivity (Wildman–Crippen MR) is 58.5 cm³/mol. The average Bonchev–Trinajstić information content (AvgIpc) is 2.57. The molecule has 1 aliphatic rings. The molecular formula is C12H18O3. The zero-order chi connectivity index (χ0) is 11.1. The molecule has 3 heteroatoms. The van der Waals surface area contributed by atoms with Crippen LogP contribution in [0.25, 0.3) is 0 Å². The minimum absolute atomic E-state index is 0.157. The lowest BCUT2D eigenvalue weighted by Gasteiger charge is -2.07. The molecule has 2 atom stereocenters. The quantitative estimate of drug-likeness (QED) is 0.521. The van der Waals surface area contributed by atoms with E-state index in [9.17, 15) is 9.90 Å². The highest BCUT2D eigenvalue weighted by molar-refractivity contribution is 5.66. The molecule has 0 aromatic carbocycles. The number of aliphatic hydroxyl groups excluding tert-OH is 1. The van der Waals surface area contributed by atoms with E-state index in [-0.39, 0.29) is 18.4 Å². The molecule has 0 aromatic rings. The number of hydrogen-bond acceptors (Lipinski definition) is 2. The van der Waals surface area contributed by atoms with Gasteiger partial charge in [0.1, 0.15) is 0 Å². The van der Waals surface area contributed by atoms with Crippen molar-refractivity contribution in [3.8, 4) is 0 Å². The number of rotatable bonds is 6. The summed E-state index contributed by atoms with van der Waals surface area (Å²) in [6, 6.07) is 0. The normalized spacial score (nSPS) is 25.1. The molecule has 0 heterocycles. The van der Waals surface area contributed by atoms with Gasteiger partial charge in [-0.3, -0.25) is 4.79 Å². The third-order valence-electron chi connectivity index (χ3n) is 2.55. The highest BCUT2D eigenvalue weighted by atomic mass is 16.4. The zero-order valence-electron chi connectivity index (χ0n) is 8.80. The van der Waals surface area contributed by atoms with Crippen molar-refractivity contribution in [2.45, 2.75) is 38.2 Å². The maximum absolute atomic E-state index is 10.2. The van der Waals surface area contributed by atoms with E-state index < -0.39 is 5.97 Å². The highest BCUT2D eigenvalue weighted by Gasteiger charge is 2.16. The minimum atomic E-state index is -0.729. The largest absolute Gasteiger partial charge is 0.481 e. The van der Waals surface area contributed by atoms with Gasteiger partial charge in [-0.15, -0.1) is 0 Å². The van der Waals surface area contributed by atoms with Gasteiger partial charge in [0.05, 0.1) is 6.10 Å². The van der Waals surface area contributed by atoms with Crippen LogP contribution in [0.5, 0.6) is 0 Å². The van der Waals surface area contributed by atoms with Crippen LogP contribution in [-0.4, -0.2) is 22.3 Å². The Morgan fingerprint density at radius 3 is 2.87 bits per heavy atom. The number of carbonyl (C=O) groups is 1. The third kappa shape index (κ3) is 4.79. The molecule has 0 aliphatic heterocycles. The summed E-state index contributed by atoms with van der Waals surface area (Å²) in [7, 11) is 0. The van der Waals surface area contributed by atoms with Crippen molar-refractivity contribution >= 4 is 5.97 Å². The Morgan fingerprint density at radius 1 is 1.47 bits per heavy atom. The summed E-state index contributed by atoms with van der Waals surface area (Å²) in [5.41, 5.74) is 0. The first-order valence-corrected chi connectivity index (χ1v) is 5.43. The lowest BCUT2D eigenvalue weighted by Crippen LogP contribution is -2.10. The number of aliphatic carboxylic acids is 1. The van der Waals surface area contributed by atoms with Crippen molar-refractivity contribution < 1.29 is 15.0 Å². The molecule has 3 nitrogen and oxygen atoms in total. The maximum Gasteiger partial charge on any atom is 0.303 e. The highest BCUT2D eigenvalue weighted by Crippen LogP contribution is 2.19. The topological polar surface area (TPSA) is 57.5 Å². The molecule has 1 rings (SSSR count). The first kappa shape index (κ1) is 12.0. The van der Waals surface area contributed by atoms with Crippen LogP contribution < -0.4 is 0 Å². The number of carboxylic acids is 1. The van der Waals surface area contributed by atoms with Gasteiger partial charge >= 0.3 is 5.97 Å². The Bertz CT molecular complexity index is 256. The summed E-state index contributed by atoms with van der Waals surface area (Å²) in [4.78, 5) is 10.2. The van der Waals surface area contributed by atoms with Crippen LogP contribution in [0.4, 0.5) is 0 Å². The van der Waals surface area contributed by atoms with E-state index in [2.05, 4.69) is 0 Å². The van der Waals surface area contributed by atoms with Crippen LogP contribution in [-0.2, 0) is 4.79 Å². The fourth-order valence-electron chi connectivity index (χ4n) is 1.64. The Morgan fingerprint density at radius 2 is 2.27 bits per heavy atom. The summed E-state index contributed by atoms with van der Waals surface area (Å²) in [6.07, 6.45) is 11.3. The Kier molecular flexibility index (Phi) is 5.12. The van der Waals surface area contributed by atoms with Crippen molar-refractivity contribution in [1.29, 1.82) is 0 Å². The molecule has 0 saturated carbocycles.